The maximum atomic E-state index is 12.7. The van der Waals surface area contributed by atoms with Crippen molar-refractivity contribution in [2.24, 2.45) is 0 Å². The first-order chi connectivity index (χ1) is 12.6. The van der Waals surface area contributed by atoms with E-state index in [9.17, 15) is 14.4 Å². The molecule has 0 saturated heterocycles. The van der Waals surface area contributed by atoms with Crippen molar-refractivity contribution < 1.29 is 23.9 Å². The van der Waals surface area contributed by atoms with Crippen LogP contribution >= 0.6 is 11.6 Å². The number of aromatic nitrogens is 1. The van der Waals surface area contributed by atoms with Gasteiger partial charge in [-0.3, -0.25) is 19.4 Å². The molecule has 0 N–H and O–H groups in total. The zero-order valence-corrected chi connectivity index (χ0v) is 16.8. The molecule has 0 aromatic carbocycles. The molecule has 0 spiro atoms. The standard InChI is InChI=1S/C19H25ClN2O5/c1-19(2,3)27-16(24)6-5-15(23)22-10-8-12-13(20)7-9-21-18(12)14(22)11-17(25)26-4/h7,9,14H,5-6,8,10-11H2,1-4H3. The van der Waals surface area contributed by atoms with Gasteiger partial charge in [-0.2, -0.15) is 0 Å². The van der Waals surface area contributed by atoms with E-state index >= 15 is 0 Å². The molecule has 2 rings (SSSR count). The molecule has 27 heavy (non-hydrogen) atoms. The number of carbonyl (C=O) groups is 3. The van der Waals surface area contributed by atoms with Crippen molar-refractivity contribution in [3.63, 3.8) is 0 Å². The van der Waals surface area contributed by atoms with Crippen LogP contribution in [0.4, 0.5) is 0 Å². The van der Waals surface area contributed by atoms with Gasteiger partial charge < -0.3 is 14.4 Å². The minimum absolute atomic E-state index is 0.00247. The lowest BCUT2D eigenvalue weighted by Crippen LogP contribution is -2.42. The molecule has 0 radical (unpaired) electrons. The highest BCUT2D eigenvalue weighted by molar-refractivity contribution is 6.31. The number of halogens is 1. The topological polar surface area (TPSA) is 85.8 Å². The van der Waals surface area contributed by atoms with Crippen LogP contribution in [0.3, 0.4) is 0 Å². The zero-order valence-electron chi connectivity index (χ0n) is 16.1. The summed E-state index contributed by atoms with van der Waals surface area (Å²) in [6.07, 6.45) is 2.06. The fraction of sp³-hybridized carbons (Fsp3) is 0.579. The molecule has 1 amide bonds. The van der Waals surface area contributed by atoms with Gasteiger partial charge in [-0.1, -0.05) is 11.6 Å². The fourth-order valence-corrected chi connectivity index (χ4v) is 3.29. The molecule has 1 atom stereocenters. The third-order valence-corrected chi connectivity index (χ3v) is 4.55. The summed E-state index contributed by atoms with van der Waals surface area (Å²) in [6, 6.07) is 1.13. The number of nitrogens with zero attached hydrogens (tertiary/aromatic N) is 2. The van der Waals surface area contributed by atoms with Gasteiger partial charge in [0, 0.05) is 24.2 Å². The Labute approximate surface area is 164 Å². The summed E-state index contributed by atoms with van der Waals surface area (Å²) in [5, 5.41) is 0.565. The Morgan fingerprint density at radius 1 is 1.26 bits per heavy atom. The van der Waals surface area contributed by atoms with Crippen LogP contribution in [0.1, 0.15) is 57.3 Å². The van der Waals surface area contributed by atoms with Crippen molar-refractivity contribution in [3.8, 4) is 0 Å². The van der Waals surface area contributed by atoms with Gasteiger partial charge in [0.1, 0.15) is 5.60 Å². The predicted molar refractivity (Wildman–Crippen MR) is 99.1 cm³/mol. The third-order valence-electron chi connectivity index (χ3n) is 4.20. The summed E-state index contributed by atoms with van der Waals surface area (Å²) in [6.45, 7) is 5.72. The number of hydrogen-bond acceptors (Lipinski definition) is 6. The summed E-state index contributed by atoms with van der Waals surface area (Å²) in [4.78, 5) is 42.4. The molecular weight excluding hydrogens is 372 g/mol. The summed E-state index contributed by atoms with van der Waals surface area (Å²) >= 11 is 6.25. The van der Waals surface area contributed by atoms with E-state index in [1.54, 1.807) is 37.9 Å². The normalized spacial score (nSPS) is 16.5. The molecule has 0 aliphatic carbocycles. The van der Waals surface area contributed by atoms with Crippen LogP contribution in [-0.4, -0.2) is 47.0 Å². The fourth-order valence-electron chi connectivity index (χ4n) is 3.05. The molecule has 0 saturated carbocycles. The van der Waals surface area contributed by atoms with E-state index in [0.717, 1.165) is 5.56 Å². The Balaban J connectivity index is 2.15. The number of pyridine rings is 1. The van der Waals surface area contributed by atoms with Gasteiger partial charge in [-0.05, 0) is 38.8 Å². The Morgan fingerprint density at radius 2 is 1.96 bits per heavy atom. The van der Waals surface area contributed by atoms with Crippen LogP contribution in [0.15, 0.2) is 12.3 Å². The minimum Gasteiger partial charge on any atom is -0.469 e. The second-order valence-corrected chi connectivity index (χ2v) is 7.78. The highest BCUT2D eigenvalue weighted by Crippen LogP contribution is 2.35. The first kappa shape index (κ1) is 21.2. The lowest BCUT2D eigenvalue weighted by Gasteiger charge is -2.36. The largest absolute Gasteiger partial charge is 0.469 e. The number of esters is 2. The predicted octanol–water partition coefficient (Wildman–Crippen LogP) is 2.85. The quantitative estimate of drug-likeness (QED) is 0.711. The number of carbonyl (C=O) groups excluding carboxylic acids is 3. The van der Waals surface area contributed by atoms with Crippen molar-refractivity contribution in [2.45, 2.75) is 58.1 Å². The van der Waals surface area contributed by atoms with E-state index in [1.807, 2.05) is 0 Å². The SMILES string of the molecule is COC(=O)CC1c2nccc(Cl)c2CCN1C(=O)CCC(=O)OC(C)(C)C. The van der Waals surface area contributed by atoms with Gasteiger partial charge >= 0.3 is 11.9 Å². The van der Waals surface area contributed by atoms with E-state index < -0.39 is 23.6 Å². The van der Waals surface area contributed by atoms with E-state index in [2.05, 4.69) is 4.98 Å². The second-order valence-electron chi connectivity index (χ2n) is 7.38. The number of hydrogen-bond donors (Lipinski definition) is 0. The smallest absolute Gasteiger partial charge is 0.308 e. The van der Waals surface area contributed by atoms with Crippen molar-refractivity contribution in [1.82, 2.24) is 9.88 Å². The van der Waals surface area contributed by atoms with E-state index in [-0.39, 0.29) is 25.2 Å². The van der Waals surface area contributed by atoms with Gasteiger partial charge in [-0.15, -0.1) is 0 Å². The number of ether oxygens (including phenoxy) is 2. The van der Waals surface area contributed by atoms with Gasteiger partial charge in [0.15, 0.2) is 0 Å². The van der Waals surface area contributed by atoms with Crippen molar-refractivity contribution in [1.29, 1.82) is 0 Å². The summed E-state index contributed by atoms with van der Waals surface area (Å²) < 4.78 is 10.0. The Hall–Kier alpha value is -2.15. The van der Waals surface area contributed by atoms with E-state index in [1.165, 1.54) is 7.11 Å². The number of amides is 1. The van der Waals surface area contributed by atoms with Gasteiger partial charge in [0.2, 0.25) is 5.91 Å². The van der Waals surface area contributed by atoms with Crippen molar-refractivity contribution in [2.75, 3.05) is 13.7 Å². The average Bonchev–Trinajstić information content (AvgIpc) is 2.58. The number of methoxy groups -OCH3 is 1. The number of fused-ring (bicyclic) bond motifs is 1. The highest BCUT2D eigenvalue weighted by atomic mass is 35.5. The second kappa shape index (κ2) is 8.69. The Kier molecular flexibility index (Phi) is 6.81. The lowest BCUT2D eigenvalue weighted by molar-refractivity contribution is -0.157. The maximum Gasteiger partial charge on any atom is 0.308 e. The summed E-state index contributed by atoms with van der Waals surface area (Å²) in [5.41, 5.74) is 0.840. The molecule has 7 nitrogen and oxygen atoms in total. The molecule has 1 aliphatic heterocycles. The van der Waals surface area contributed by atoms with Crippen LogP contribution < -0.4 is 0 Å². The number of rotatable bonds is 5. The maximum absolute atomic E-state index is 12.7. The van der Waals surface area contributed by atoms with Gasteiger partial charge in [-0.25, -0.2) is 0 Å². The molecule has 0 fully saturated rings. The molecule has 1 aromatic heterocycles. The third kappa shape index (κ3) is 5.66. The molecule has 0 bridgehead atoms. The van der Waals surface area contributed by atoms with E-state index in [4.69, 9.17) is 21.1 Å². The van der Waals surface area contributed by atoms with Crippen LogP contribution in [0.5, 0.6) is 0 Å². The van der Waals surface area contributed by atoms with Crippen LogP contribution in [-0.2, 0) is 30.3 Å². The first-order valence-corrected chi connectivity index (χ1v) is 9.21. The van der Waals surface area contributed by atoms with Crippen LogP contribution in [0, 0.1) is 0 Å². The van der Waals surface area contributed by atoms with Crippen LogP contribution in [0.25, 0.3) is 0 Å². The monoisotopic (exact) mass is 396 g/mol. The molecule has 8 heteroatoms. The Bertz CT molecular complexity index is 729. The van der Waals surface area contributed by atoms with E-state index in [0.29, 0.717) is 23.7 Å². The molecule has 1 aromatic rings. The molecule has 148 valence electrons. The van der Waals surface area contributed by atoms with Gasteiger partial charge in [0.25, 0.3) is 0 Å². The molecule has 1 aliphatic rings. The highest BCUT2D eigenvalue weighted by Gasteiger charge is 2.35. The Morgan fingerprint density at radius 3 is 2.59 bits per heavy atom. The van der Waals surface area contributed by atoms with Crippen molar-refractivity contribution >= 4 is 29.4 Å². The van der Waals surface area contributed by atoms with Crippen molar-refractivity contribution in [3.05, 3.63) is 28.5 Å². The van der Waals surface area contributed by atoms with Crippen LogP contribution in [0.2, 0.25) is 5.02 Å². The molecule has 2 heterocycles. The zero-order chi connectivity index (χ0) is 20.2. The first-order valence-electron chi connectivity index (χ1n) is 8.83. The minimum atomic E-state index is -0.599. The molecule has 1 unspecified atom stereocenters. The summed E-state index contributed by atoms with van der Waals surface area (Å²) in [5.74, 6) is -1.11. The van der Waals surface area contributed by atoms with Gasteiger partial charge in [0.05, 0.1) is 31.7 Å². The summed E-state index contributed by atoms with van der Waals surface area (Å²) in [7, 11) is 1.30. The molecular formula is C19H25ClN2O5. The average molecular weight is 397 g/mol. The lowest BCUT2D eigenvalue weighted by atomic mass is 9.95.